The van der Waals surface area contributed by atoms with E-state index < -0.39 is 6.10 Å². The zero-order valence-corrected chi connectivity index (χ0v) is 13.6. The number of hydrogen-bond acceptors (Lipinski definition) is 4. The van der Waals surface area contributed by atoms with Crippen molar-refractivity contribution >= 4 is 5.91 Å². The van der Waals surface area contributed by atoms with Gasteiger partial charge >= 0.3 is 0 Å². The topological polar surface area (TPSA) is 71.2 Å². The number of rotatable bonds is 5. The van der Waals surface area contributed by atoms with Gasteiger partial charge in [0.25, 0.3) is 5.91 Å². The van der Waals surface area contributed by atoms with Crippen molar-refractivity contribution in [2.45, 2.75) is 38.5 Å². The highest BCUT2D eigenvalue weighted by Gasteiger charge is 2.32. The molecule has 0 bridgehead atoms. The van der Waals surface area contributed by atoms with Crippen molar-refractivity contribution in [2.24, 2.45) is 0 Å². The fourth-order valence-electron chi connectivity index (χ4n) is 3.07. The summed E-state index contributed by atoms with van der Waals surface area (Å²) in [5.74, 6) is 0.518. The van der Waals surface area contributed by atoms with Crippen molar-refractivity contribution in [3.63, 3.8) is 0 Å². The van der Waals surface area contributed by atoms with E-state index in [1.165, 1.54) is 0 Å². The van der Waals surface area contributed by atoms with Crippen molar-refractivity contribution in [3.8, 4) is 11.8 Å². The van der Waals surface area contributed by atoms with E-state index in [0.717, 1.165) is 19.4 Å². The molecule has 1 saturated heterocycles. The minimum absolute atomic E-state index is 0.0213. The summed E-state index contributed by atoms with van der Waals surface area (Å²) < 4.78 is 7.61. The molecule has 0 unspecified atom stereocenters. The summed E-state index contributed by atoms with van der Waals surface area (Å²) in [5, 5.41) is 13.2. The molecule has 1 aromatic carbocycles. The summed E-state index contributed by atoms with van der Waals surface area (Å²) in [7, 11) is 0. The van der Waals surface area contributed by atoms with E-state index in [1.54, 1.807) is 37.4 Å². The summed E-state index contributed by atoms with van der Waals surface area (Å²) in [6.45, 7) is 3.21. The average Bonchev–Trinajstić information content (AvgIpc) is 3.26. The van der Waals surface area contributed by atoms with Crippen LogP contribution in [0, 0.1) is 11.3 Å². The van der Waals surface area contributed by atoms with E-state index in [-0.39, 0.29) is 11.9 Å². The van der Waals surface area contributed by atoms with E-state index in [9.17, 15) is 4.79 Å². The quantitative estimate of drug-likeness (QED) is 0.845. The second kappa shape index (κ2) is 7.18. The van der Waals surface area contributed by atoms with Crippen molar-refractivity contribution in [1.82, 2.24) is 14.7 Å². The fraction of sp³-hybridized carbons (Fsp3) is 0.389. The van der Waals surface area contributed by atoms with Gasteiger partial charge in [-0.25, -0.2) is 0 Å². The number of hydrogen-bond donors (Lipinski definition) is 0. The van der Waals surface area contributed by atoms with Crippen molar-refractivity contribution < 1.29 is 9.53 Å². The van der Waals surface area contributed by atoms with Gasteiger partial charge in [0.15, 0.2) is 6.10 Å². The highest BCUT2D eigenvalue weighted by Crippen LogP contribution is 2.22. The third kappa shape index (κ3) is 3.57. The monoisotopic (exact) mass is 324 g/mol. The number of benzene rings is 1. The maximum Gasteiger partial charge on any atom is 0.263 e. The first kappa shape index (κ1) is 16.1. The molecule has 1 aromatic heterocycles. The van der Waals surface area contributed by atoms with Crippen LogP contribution in [-0.4, -0.2) is 39.3 Å². The summed E-state index contributed by atoms with van der Waals surface area (Å²) in [6, 6.07) is 11.0. The van der Waals surface area contributed by atoms with Crippen LogP contribution in [0.2, 0.25) is 0 Å². The number of ether oxygens (including phenoxy) is 1. The van der Waals surface area contributed by atoms with Crippen molar-refractivity contribution in [2.75, 3.05) is 6.54 Å². The lowest BCUT2D eigenvalue weighted by atomic mass is 10.2. The highest BCUT2D eigenvalue weighted by molar-refractivity contribution is 5.81. The SMILES string of the molecule is C[C@@H](Oc1cccc(C#N)c1)C(=O)N1CCC[C@@H]1Cn1cccn1. The van der Waals surface area contributed by atoms with Crippen LogP contribution in [0.15, 0.2) is 42.7 Å². The van der Waals surface area contributed by atoms with Gasteiger partial charge in [-0.15, -0.1) is 0 Å². The molecular weight excluding hydrogens is 304 g/mol. The molecule has 0 spiro atoms. The van der Waals surface area contributed by atoms with Crippen LogP contribution in [0.25, 0.3) is 0 Å². The van der Waals surface area contributed by atoms with Gasteiger partial charge in [-0.05, 0) is 44.0 Å². The van der Waals surface area contributed by atoms with E-state index in [4.69, 9.17) is 10.00 Å². The van der Waals surface area contributed by atoms with Crippen LogP contribution in [-0.2, 0) is 11.3 Å². The molecule has 1 fully saturated rings. The van der Waals surface area contributed by atoms with Crippen LogP contribution >= 0.6 is 0 Å². The van der Waals surface area contributed by atoms with E-state index in [2.05, 4.69) is 11.2 Å². The lowest BCUT2D eigenvalue weighted by Gasteiger charge is -2.27. The Kier molecular flexibility index (Phi) is 4.80. The number of carbonyl (C=O) groups excluding carboxylic acids is 1. The van der Waals surface area contributed by atoms with Crippen molar-refractivity contribution in [1.29, 1.82) is 5.26 Å². The van der Waals surface area contributed by atoms with Crippen LogP contribution in [0.3, 0.4) is 0 Å². The maximum atomic E-state index is 12.7. The zero-order valence-electron chi connectivity index (χ0n) is 13.6. The molecule has 2 aromatic rings. The highest BCUT2D eigenvalue weighted by atomic mass is 16.5. The Morgan fingerprint density at radius 1 is 1.50 bits per heavy atom. The molecule has 2 atom stereocenters. The van der Waals surface area contributed by atoms with Gasteiger partial charge in [-0.1, -0.05) is 6.07 Å². The second-order valence-electron chi connectivity index (χ2n) is 5.96. The summed E-state index contributed by atoms with van der Waals surface area (Å²) >= 11 is 0. The van der Waals surface area contributed by atoms with Crippen LogP contribution in [0.5, 0.6) is 5.75 Å². The molecule has 0 radical (unpaired) electrons. The Balaban J connectivity index is 1.64. The second-order valence-corrected chi connectivity index (χ2v) is 5.96. The summed E-state index contributed by atoms with van der Waals surface area (Å²) in [5.41, 5.74) is 0.518. The predicted molar refractivity (Wildman–Crippen MR) is 88.2 cm³/mol. The van der Waals surface area contributed by atoms with Crippen molar-refractivity contribution in [3.05, 3.63) is 48.3 Å². The van der Waals surface area contributed by atoms with Crippen LogP contribution in [0.4, 0.5) is 0 Å². The number of likely N-dealkylation sites (tertiary alicyclic amines) is 1. The largest absolute Gasteiger partial charge is 0.481 e. The Labute approximate surface area is 141 Å². The van der Waals surface area contributed by atoms with Crippen LogP contribution < -0.4 is 4.74 Å². The smallest absolute Gasteiger partial charge is 0.263 e. The molecule has 2 heterocycles. The number of nitrogens with zero attached hydrogens (tertiary/aromatic N) is 4. The molecule has 24 heavy (non-hydrogen) atoms. The molecule has 3 rings (SSSR count). The lowest BCUT2D eigenvalue weighted by molar-refractivity contribution is -0.139. The first-order valence-corrected chi connectivity index (χ1v) is 8.12. The molecule has 0 aliphatic carbocycles. The van der Waals surface area contributed by atoms with Gasteiger partial charge in [0, 0.05) is 18.9 Å². The lowest BCUT2D eigenvalue weighted by Crippen LogP contribution is -2.44. The third-order valence-corrected chi connectivity index (χ3v) is 4.24. The van der Waals surface area contributed by atoms with Gasteiger partial charge in [0.2, 0.25) is 0 Å². The first-order valence-electron chi connectivity index (χ1n) is 8.12. The molecule has 1 amide bonds. The molecular formula is C18H20N4O2. The predicted octanol–water partition coefficient (Wildman–Crippen LogP) is 2.21. The number of nitriles is 1. The standard InChI is InChI=1S/C18H20N4O2/c1-14(24-17-7-2-5-15(11-17)12-19)18(23)22-10-3-6-16(22)13-21-9-4-8-20-21/h2,4-5,7-9,11,14,16H,3,6,10,13H2,1H3/t14-,16-/m1/s1. The van der Waals surface area contributed by atoms with E-state index in [1.807, 2.05) is 21.8 Å². The molecule has 1 aliphatic heterocycles. The molecule has 6 nitrogen and oxygen atoms in total. The fourth-order valence-corrected chi connectivity index (χ4v) is 3.07. The van der Waals surface area contributed by atoms with Crippen LogP contribution in [0.1, 0.15) is 25.3 Å². The van der Waals surface area contributed by atoms with E-state index >= 15 is 0 Å². The molecule has 6 heteroatoms. The van der Waals surface area contributed by atoms with Gasteiger partial charge in [-0.3, -0.25) is 9.48 Å². The molecule has 0 N–H and O–H groups in total. The van der Waals surface area contributed by atoms with Gasteiger partial charge in [0.1, 0.15) is 5.75 Å². The zero-order chi connectivity index (χ0) is 16.9. The number of amides is 1. The Morgan fingerprint density at radius 3 is 3.12 bits per heavy atom. The Morgan fingerprint density at radius 2 is 2.38 bits per heavy atom. The Bertz CT molecular complexity index is 736. The van der Waals surface area contributed by atoms with Gasteiger partial charge in [0.05, 0.1) is 24.2 Å². The number of carbonyl (C=O) groups is 1. The molecule has 1 aliphatic rings. The maximum absolute atomic E-state index is 12.7. The first-order chi connectivity index (χ1) is 11.7. The van der Waals surface area contributed by atoms with Gasteiger partial charge < -0.3 is 9.64 Å². The molecule has 0 saturated carbocycles. The Hall–Kier alpha value is -2.81. The normalized spacial score (nSPS) is 18.2. The molecule has 124 valence electrons. The number of aromatic nitrogens is 2. The minimum Gasteiger partial charge on any atom is -0.481 e. The average molecular weight is 324 g/mol. The summed E-state index contributed by atoms with van der Waals surface area (Å²) in [4.78, 5) is 14.6. The minimum atomic E-state index is -0.586. The van der Waals surface area contributed by atoms with E-state index in [0.29, 0.717) is 17.9 Å². The van der Waals surface area contributed by atoms with Gasteiger partial charge in [-0.2, -0.15) is 10.4 Å². The summed E-state index contributed by atoms with van der Waals surface area (Å²) in [6.07, 6.45) is 5.04. The third-order valence-electron chi connectivity index (χ3n) is 4.24.